The summed E-state index contributed by atoms with van der Waals surface area (Å²) in [5, 5.41) is 0. The Hall–Kier alpha value is -2.08. The Kier molecular flexibility index (Phi) is 3.03. The number of halogens is 1. The number of hydrogen-bond acceptors (Lipinski definition) is 1. The number of benzene rings is 1. The molecule has 4 aromatic rings. The van der Waals surface area contributed by atoms with Gasteiger partial charge in [-0.05, 0) is 59.0 Å². The van der Waals surface area contributed by atoms with Crippen LogP contribution in [0.25, 0.3) is 22.6 Å². The summed E-state index contributed by atoms with van der Waals surface area (Å²) in [5.74, 6) is 0. The van der Waals surface area contributed by atoms with Gasteiger partial charge in [-0.1, -0.05) is 12.1 Å². The molecule has 0 saturated carbocycles. The molecule has 0 bridgehead atoms. The lowest BCUT2D eigenvalue weighted by Gasteiger charge is -2.03. The van der Waals surface area contributed by atoms with Gasteiger partial charge < -0.3 is 8.97 Å². The zero-order chi connectivity index (χ0) is 14.2. The lowest BCUT2D eigenvalue weighted by Crippen LogP contribution is -1.88. The van der Waals surface area contributed by atoms with Crippen molar-refractivity contribution >= 4 is 28.2 Å². The summed E-state index contributed by atoms with van der Waals surface area (Å²) in [5.41, 5.74) is 4.25. The molecule has 0 amide bonds. The van der Waals surface area contributed by atoms with Gasteiger partial charge in [-0.15, -0.1) is 0 Å². The highest BCUT2D eigenvalue weighted by Crippen LogP contribution is 2.21. The topological polar surface area (TPSA) is 22.2 Å². The van der Waals surface area contributed by atoms with E-state index in [2.05, 4.69) is 79.3 Å². The summed E-state index contributed by atoms with van der Waals surface area (Å²) in [4.78, 5) is 4.67. The van der Waals surface area contributed by atoms with Gasteiger partial charge in [-0.3, -0.25) is 0 Å². The number of fused-ring (bicyclic) bond motifs is 1. The first-order valence-electron chi connectivity index (χ1n) is 6.68. The Morgan fingerprint density at radius 3 is 2.38 bits per heavy atom. The molecule has 0 saturated heterocycles. The van der Waals surface area contributed by atoms with Crippen molar-refractivity contribution in [1.82, 2.24) is 14.0 Å². The molecule has 0 N–H and O–H groups in total. The van der Waals surface area contributed by atoms with Crippen molar-refractivity contribution in [2.75, 3.05) is 0 Å². The average Bonchev–Trinajstić information content (AvgIpc) is 3.16. The minimum Gasteiger partial charge on any atom is -0.324 e. The maximum Gasteiger partial charge on any atom is 0.137 e. The maximum absolute atomic E-state index is 4.67. The molecule has 0 aliphatic carbocycles. The van der Waals surface area contributed by atoms with Crippen LogP contribution in [0.5, 0.6) is 0 Å². The van der Waals surface area contributed by atoms with Crippen LogP contribution in [0, 0.1) is 3.57 Å². The standard InChI is InChI=1S/C17H12IN3/c18-14-5-8-17-19-16(12-21(17)11-14)13-3-6-15(7-4-13)20-9-1-2-10-20/h1-12H. The van der Waals surface area contributed by atoms with Crippen molar-refractivity contribution < 1.29 is 0 Å². The molecule has 21 heavy (non-hydrogen) atoms. The van der Waals surface area contributed by atoms with Crippen LogP contribution in [0.3, 0.4) is 0 Å². The van der Waals surface area contributed by atoms with Crippen molar-refractivity contribution in [3.63, 3.8) is 0 Å². The van der Waals surface area contributed by atoms with E-state index in [0.29, 0.717) is 0 Å². The fourth-order valence-corrected chi connectivity index (χ4v) is 2.89. The molecule has 102 valence electrons. The summed E-state index contributed by atoms with van der Waals surface area (Å²) in [7, 11) is 0. The number of imidazole rings is 1. The lowest BCUT2D eigenvalue weighted by atomic mass is 10.1. The highest BCUT2D eigenvalue weighted by Gasteiger charge is 2.05. The van der Waals surface area contributed by atoms with Crippen LogP contribution in [0.2, 0.25) is 0 Å². The smallest absolute Gasteiger partial charge is 0.137 e. The van der Waals surface area contributed by atoms with E-state index in [9.17, 15) is 0 Å². The minimum absolute atomic E-state index is 0.972. The van der Waals surface area contributed by atoms with E-state index >= 15 is 0 Å². The van der Waals surface area contributed by atoms with E-state index in [1.165, 1.54) is 3.57 Å². The number of rotatable bonds is 2. The Morgan fingerprint density at radius 2 is 1.62 bits per heavy atom. The van der Waals surface area contributed by atoms with Gasteiger partial charge in [0.2, 0.25) is 0 Å². The highest BCUT2D eigenvalue weighted by molar-refractivity contribution is 14.1. The van der Waals surface area contributed by atoms with Crippen molar-refractivity contribution in [3.8, 4) is 16.9 Å². The van der Waals surface area contributed by atoms with Crippen LogP contribution in [0.4, 0.5) is 0 Å². The van der Waals surface area contributed by atoms with Gasteiger partial charge in [0.1, 0.15) is 5.65 Å². The molecule has 0 unspecified atom stereocenters. The third kappa shape index (κ3) is 2.35. The fraction of sp³-hybridized carbons (Fsp3) is 0. The maximum atomic E-state index is 4.67. The Labute approximate surface area is 136 Å². The van der Waals surface area contributed by atoms with Gasteiger partial charge in [-0.25, -0.2) is 4.98 Å². The third-order valence-electron chi connectivity index (χ3n) is 3.48. The predicted molar refractivity (Wildman–Crippen MR) is 92.7 cm³/mol. The predicted octanol–water partition coefficient (Wildman–Crippen LogP) is 4.40. The number of aromatic nitrogens is 3. The second-order valence-corrected chi connectivity index (χ2v) is 6.12. The third-order valence-corrected chi connectivity index (χ3v) is 4.12. The second-order valence-electron chi connectivity index (χ2n) is 4.88. The molecule has 0 aliphatic heterocycles. The first-order valence-corrected chi connectivity index (χ1v) is 7.75. The van der Waals surface area contributed by atoms with E-state index in [1.807, 2.05) is 30.6 Å². The zero-order valence-corrected chi connectivity index (χ0v) is 13.3. The van der Waals surface area contributed by atoms with Gasteiger partial charge in [-0.2, -0.15) is 0 Å². The largest absolute Gasteiger partial charge is 0.324 e. The molecule has 0 atom stereocenters. The van der Waals surface area contributed by atoms with Gasteiger partial charge in [0.05, 0.1) is 5.69 Å². The molecular formula is C17H12IN3. The van der Waals surface area contributed by atoms with Gasteiger partial charge in [0.25, 0.3) is 0 Å². The summed E-state index contributed by atoms with van der Waals surface area (Å²) in [6.45, 7) is 0. The molecule has 4 rings (SSSR count). The number of pyridine rings is 1. The second kappa shape index (κ2) is 5.04. The fourth-order valence-electron chi connectivity index (χ4n) is 2.41. The van der Waals surface area contributed by atoms with Gasteiger partial charge >= 0.3 is 0 Å². The summed E-state index contributed by atoms with van der Waals surface area (Å²) < 4.78 is 5.36. The van der Waals surface area contributed by atoms with Crippen LogP contribution in [0.15, 0.2) is 73.3 Å². The van der Waals surface area contributed by atoms with Gasteiger partial charge in [0.15, 0.2) is 0 Å². The minimum atomic E-state index is 0.972. The molecule has 1 aromatic carbocycles. The monoisotopic (exact) mass is 385 g/mol. The lowest BCUT2D eigenvalue weighted by molar-refractivity contribution is 1.08. The van der Waals surface area contributed by atoms with Crippen molar-refractivity contribution in [3.05, 3.63) is 76.9 Å². The van der Waals surface area contributed by atoms with Crippen LogP contribution in [0.1, 0.15) is 0 Å². The van der Waals surface area contributed by atoms with Crippen LogP contribution in [-0.2, 0) is 0 Å². The highest BCUT2D eigenvalue weighted by atomic mass is 127. The quantitative estimate of drug-likeness (QED) is 0.469. The Balaban J connectivity index is 1.74. The molecule has 0 fully saturated rings. The van der Waals surface area contributed by atoms with E-state index < -0.39 is 0 Å². The average molecular weight is 385 g/mol. The van der Waals surface area contributed by atoms with E-state index in [0.717, 1.165) is 22.6 Å². The van der Waals surface area contributed by atoms with Crippen LogP contribution in [-0.4, -0.2) is 14.0 Å². The zero-order valence-electron chi connectivity index (χ0n) is 11.1. The first-order chi connectivity index (χ1) is 10.3. The molecule has 3 nitrogen and oxygen atoms in total. The molecule has 0 aliphatic rings. The molecule has 4 heteroatoms. The SMILES string of the molecule is Ic1ccc2nc(-c3ccc(-n4cccc4)cc3)cn2c1. The summed E-state index contributed by atoms with van der Waals surface area (Å²) >= 11 is 2.31. The van der Waals surface area contributed by atoms with E-state index in [1.54, 1.807) is 0 Å². The van der Waals surface area contributed by atoms with E-state index in [-0.39, 0.29) is 0 Å². The van der Waals surface area contributed by atoms with Crippen LogP contribution >= 0.6 is 22.6 Å². The summed E-state index contributed by atoms with van der Waals surface area (Å²) in [6, 6.07) is 16.6. The molecule has 0 spiro atoms. The molecular weight excluding hydrogens is 373 g/mol. The first kappa shape index (κ1) is 12.6. The van der Waals surface area contributed by atoms with Crippen molar-refractivity contribution in [2.45, 2.75) is 0 Å². The number of nitrogens with zero attached hydrogens (tertiary/aromatic N) is 3. The summed E-state index contributed by atoms with van der Waals surface area (Å²) in [6.07, 6.45) is 8.24. The normalized spacial score (nSPS) is 11.1. The molecule has 3 heterocycles. The van der Waals surface area contributed by atoms with Crippen LogP contribution < -0.4 is 0 Å². The van der Waals surface area contributed by atoms with Crippen molar-refractivity contribution in [1.29, 1.82) is 0 Å². The van der Waals surface area contributed by atoms with Gasteiger partial charge in [0, 0.05) is 39.6 Å². The van der Waals surface area contributed by atoms with Crippen molar-refractivity contribution in [2.24, 2.45) is 0 Å². The van der Waals surface area contributed by atoms with E-state index in [4.69, 9.17) is 0 Å². The Bertz CT molecular complexity index is 890. The molecule has 0 radical (unpaired) electrons. The number of hydrogen-bond donors (Lipinski definition) is 0. The molecule has 3 aromatic heterocycles. The Morgan fingerprint density at radius 1 is 0.857 bits per heavy atom.